The van der Waals surface area contributed by atoms with E-state index in [-0.39, 0.29) is 11.8 Å². The van der Waals surface area contributed by atoms with E-state index in [1.165, 1.54) is 14.2 Å². The van der Waals surface area contributed by atoms with Gasteiger partial charge in [0.15, 0.2) is 0 Å². The summed E-state index contributed by atoms with van der Waals surface area (Å²) in [6.07, 6.45) is 0. The zero-order valence-electron chi connectivity index (χ0n) is 11.3. The van der Waals surface area contributed by atoms with Gasteiger partial charge in [-0.3, -0.25) is 4.79 Å². The van der Waals surface area contributed by atoms with E-state index in [2.05, 4.69) is 5.32 Å². The Hall–Kier alpha value is -1.13. The number of hydrogen-bond donors (Lipinski definition) is 1. The first-order chi connectivity index (χ1) is 8.85. The molecule has 0 atom stereocenters. The number of carbonyl (C=O) groups excluding carboxylic acids is 1. The lowest BCUT2D eigenvalue weighted by molar-refractivity contribution is -0.122. The van der Waals surface area contributed by atoms with Crippen molar-refractivity contribution in [3.63, 3.8) is 0 Å². The quantitative estimate of drug-likeness (QED) is 0.846. The second kappa shape index (κ2) is 6.35. The van der Waals surface area contributed by atoms with Gasteiger partial charge in [-0.2, -0.15) is 0 Å². The molecular formula is C13H17Cl2NO3. The molecule has 0 spiro atoms. The molecule has 0 aromatic heterocycles. The van der Waals surface area contributed by atoms with E-state index in [0.717, 1.165) is 0 Å². The molecule has 0 saturated heterocycles. The summed E-state index contributed by atoms with van der Waals surface area (Å²) in [6, 6.07) is 3.20. The monoisotopic (exact) mass is 305 g/mol. The van der Waals surface area contributed by atoms with Gasteiger partial charge in [-0.05, 0) is 13.8 Å². The summed E-state index contributed by atoms with van der Waals surface area (Å²) in [4.78, 5) is 12.1. The zero-order chi connectivity index (χ0) is 14.6. The van der Waals surface area contributed by atoms with E-state index in [1.807, 2.05) is 0 Å². The number of benzene rings is 1. The summed E-state index contributed by atoms with van der Waals surface area (Å²) >= 11 is 11.8. The highest BCUT2D eigenvalue weighted by atomic mass is 35.5. The van der Waals surface area contributed by atoms with E-state index >= 15 is 0 Å². The normalized spacial score (nSPS) is 11.1. The number of rotatable bonds is 5. The number of nitrogens with one attached hydrogen (secondary N) is 1. The van der Waals surface area contributed by atoms with E-state index in [9.17, 15) is 4.79 Å². The second-order valence-electron chi connectivity index (χ2n) is 4.66. The number of carbonyl (C=O) groups is 1. The van der Waals surface area contributed by atoms with Crippen molar-refractivity contribution in [2.45, 2.75) is 13.8 Å². The Kier molecular flexibility index (Phi) is 5.32. The molecule has 1 aromatic carbocycles. The molecule has 1 rings (SSSR count). The standard InChI is InChI=1S/C13H17Cl2NO3/c1-13(2,7-14)12(17)16-9-6-10(18-3)8(15)5-11(9)19-4/h5-6H,7H2,1-4H3,(H,16,17). The highest BCUT2D eigenvalue weighted by Crippen LogP contribution is 2.36. The molecule has 0 bridgehead atoms. The lowest BCUT2D eigenvalue weighted by Gasteiger charge is -2.21. The van der Waals surface area contributed by atoms with Crippen molar-refractivity contribution in [1.82, 2.24) is 0 Å². The second-order valence-corrected chi connectivity index (χ2v) is 5.33. The van der Waals surface area contributed by atoms with Crippen LogP contribution in [0.15, 0.2) is 12.1 Å². The molecule has 4 nitrogen and oxygen atoms in total. The SMILES string of the molecule is COc1cc(NC(=O)C(C)(C)CCl)c(OC)cc1Cl. The fourth-order valence-electron chi connectivity index (χ4n) is 1.31. The molecule has 106 valence electrons. The molecule has 0 fully saturated rings. The van der Waals surface area contributed by atoms with E-state index < -0.39 is 5.41 Å². The maximum Gasteiger partial charge on any atom is 0.231 e. The fourth-order valence-corrected chi connectivity index (χ4v) is 1.66. The van der Waals surface area contributed by atoms with Crippen LogP contribution < -0.4 is 14.8 Å². The maximum absolute atomic E-state index is 12.1. The minimum Gasteiger partial charge on any atom is -0.495 e. The van der Waals surface area contributed by atoms with Gasteiger partial charge in [-0.1, -0.05) is 11.6 Å². The first kappa shape index (κ1) is 15.9. The third kappa shape index (κ3) is 3.67. The van der Waals surface area contributed by atoms with Crippen LogP contribution in [0.1, 0.15) is 13.8 Å². The van der Waals surface area contributed by atoms with E-state index in [1.54, 1.807) is 26.0 Å². The van der Waals surface area contributed by atoms with Crippen molar-refractivity contribution < 1.29 is 14.3 Å². The van der Waals surface area contributed by atoms with Crippen molar-refractivity contribution in [3.8, 4) is 11.5 Å². The zero-order valence-corrected chi connectivity index (χ0v) is 12.9. The number of ether oxygens (including phenoxy) is 2. The number of amides is 1. The van der Waals surface area contributed by atoms with Crippen molar-refractivity contribution in [2.75, 3.05) is 25.4 Å². The predicted molar refractivity (Wildman–Crippen MR) is 77.7 cm³/mol. The van der Waals surface area contributed by atoms with Crippen molar-refractivity contribution >= 4 is 34.8 Å². The Bertz CT molecular complexity index is 475. The molecular weight excluding hydrogens is 289 g/mol. The van der Waals surface area contributed by atoms with Gasteiger partial charge in [-0.15, -0.1) is 11.6 Å². The molecule has 6 heteroatoms. The Morgan fingerprint density at radius 1 is 1.26 bits per heavy atom. The number of anilines is 1. The Morgan fingerprint density at radius 2 is 1.84 bits per heavy atom. The van der Waals surface area contributed by atoms with Gasteiger partial charge >= 0.3 is 0 Å². The van der Waals surface area contributed by atoms with Crippen LogP contribution in [-0.4, -0.2) is 26.0 Å². The Balaban J connectivity index is 3.09. The molecule has 0 unspecified atom stereocenters. The van der Waals surface area contributed by atoms with Crippen molar-refractivity contribution in [2.24, 2.45) is 5.41 Å². The summed E-state index contributed by atoms with van der Waals surface area (Å²) < 4.78 is 10.3. The van der Waals surface area contributed by atoms with E-state index in [0.29, 0.717) is 22.2 Å². The summed E-state index contributed by atoms with van der Waals surface area (Å²) in [7, 11) is 3.00. The van der Waals surface area contributed by atoms with Gasteiger partial charge in [0.05, 0.1) is 30.3 Å². The van der Waals surface area contributed by atoms with Gasteiger partial charge in [0.1, 0.15) is 11.5 Å². The first-order valence-electron chi connectivity index (χ1n) is 5.64. The lowest BCUT2D eigenvalue weighted by Crippen LogP contribution is -2.32. The molecule has 1 aromatic rings. The molecule has 1 N–H and O–H groups in total. The largest absolute Gasteiger partial charge is 0.495 e. The van der Waals surface area contributed by atoms with Crippen LogP contribution in [0.4, 0.5) is 5.69 Å². The van der Waals surface area contributed by atoms with Crippen LogP contribution in [0, 0.1) is 5.41 Å². The van der Waals surface area contributed by atoms with Crippen molar-refractivity contribution in [1.29, 1.82) is 0 Å². The van der Waals surface area contributed by atoms with Gasteiger partial charge in [0.2, 0.25) is 5.91 Å². The molecule has 0 heterocycles. The first-order valence-corrected chi connectivity index (χ1v) is 6.56. The summed E-state index contributed by atoms with van der Waals surface area (Å²) in [5.41, 5.74) is -0.189. The fraction of sp³-hybridized carbons (Fsp3) is 0.462. The van der Waals surface area contributed by atoms with Crippen molar-refractivity contribution in [3.05, 3.63) is 17.2 Å². The van der Waals surface area contributed by atoms with Crippen LogP contribution in [0.25, 0.3) is 0 Å². The van der Waals surface area contributed by atoms with Crippen LogP contribution in [0.3, 0.4) is 0 Å². The average Bonchev–Trinajstić information content (AvgIpc) is 2.39. The van der Waals surface area contributed by atoms with Crippen LogP contribution in [-0.2, 0) is 4.79 Å². The molecule has 0 aliphatic rings. The number of hydrogen-bond acceptors (Lipinski definition) is 3. The number of alkyl halides is 1. The third-order valence-corrected chi connectivity index (χ3v) is 3.63. The van der Waals surface area contributed by atoms with Crippen LogP contribution in [0.2, 0.25) is 5.02 Å². The topological polar surface area (TPSA) is 47.6 Å². The Labute approximate surface area is 123 Å². The molecule has 0 aliphatic carbocycles. The summed E-state index contributed by atoms with van der Waals surface area (Å²) in [5.74, 6) is 0.933. The Morgan fingerprint density at radius 3 is 2.32 bits per heavy atom. The van der Waals surface area contributed by atoms with Crippen LogP contribution in [0.5, 0.6) is 11.5 Å². The number of halogens is 2. The molecule has 19 heavy (non-hydrogen) atoms. The highest BCUT2D eigenvalue weighted by molar-refractivity contribution is 6.32. The molecule has 0 saturated carbocycles. The molecule has 0 aliphatic heterocycles. The highest BCUT2D eigenvalue weighted by Gasteiger charge is 2.27. The average molecular weight is 306 g/mol. The smallest absolute Gasteiger partial charge is 0.231 e. The van der Waals surface area contributed by atoms with E-state index in [4.69, 9.17) is 32.7 Å². The van der Waals surface area contributed by atoms with Gasteiger partial charge in [-0.25, -0.2) is 0 Å². The molecule has 1 amide bonds. The third-order valence-electron chi connectivity index (χ3n) is 2.67. The van der Waals surface area contributed by atoms with Gasteiger partial charge < -0.3 is 14.8 Å². The lowest BCUT2D eigenvalue weighted by atomic mass is 9.95. The minimum absolute atomic E-state index is 0.204. The van der Waals surface area contributed by atoms with Gasteiger partial charge in [0, 0.05) is 18.0 Å². The number of methoxy groups -OCH3 is 2. The molecule has 0 radical (unpaired) electrons. The van der Waals surface area contributed by atoms with Crippen LogP contribution >= 0.6 is 23.2 Å². The predicted octanol–water partition coefficient (Wildman–Crippen LogP) is 3.56. The summed E-state index contributed by atoms with van der Waals surface area (Å²) in [5, 5.41) is 3.18. The minimum atomic E-state index is -0.681. The summed E-state index contributed by atoms with van der Waals surface area (Å²) in [6.45, 7) is 3.52. The van der Waals surface area contributed by atoms with Gasteiger partial charge in [0.25, 0.3) is 0 Å². The maximum atomic E-state index is 12.1.